The van der Waals surface area contributed by atoms with Gasteiger partial charge in [-0.3, -0.25) is 4.90 Å². The number of carboxylic acid groups (broad SMARTS) is 1. The van der Waals surface area contributed by atoms with E-state index < -0.39 is 17.2 Å². The smallest absolute Gasteiger partial charge is 0.339 e. The second-order valence-electron chi connectivity index (χ2n) is 7.07. The normalized spacial score (nSPS) is 34.9. The highest BCUT2D eigenvalue weighted by atomic mass is 35.5. The lowest BCUT2D eigenvalue weighted by Crippen LogP contribution is -2.63. The van der Waals surface area contributed by atoms with Crippen LogP contribution >= 0.6 is 11.6 Å². The Morgan fingerprint density at radius 1 is 1.41 bits per heavy atom. The minimum atomic E-state index is -1.02. The van der Waals surface area contributed by atoms with Crippen molar-refractivity contribution in [2.45, 2.75) is 50.8 Å². The molecule has 3 N–H and O–H groups in total. The van der Waals surface area contributed by atoms with Crippen molar-refractivity contribution >= 4 is 17.6 Å². The minimum Gasteiger partial charge on any atom is -0.491 e. The number of ether oxygens (including phenoxy) is 1. The number of rotatable bonds is 2. The summed E-state index contributed by atoms with van der Waals surface area (Å²) in [6.07, 6.45) is 5.52. The van der Waals surface area contributed by atoms with Crippen LogP contribution in [0.1, 0.15) is 39.5 Å². The van der Waals surface area contributed by atoms with E-state index in [1.807, 2.05) is 13.8 Å². The van der Waals surface area contributed by atoms with E-state index in [0.717, 1.165) is 25.9 Å². The number of halogens is 1. The lowest BCUT2D eigenvalue weighted by atomic mass is 9.78. The average molecular weight is 327 g/mol. The van der Waals surface area contributed by atoms with Crippen LogP contribution in [-0.4, -0.2) is 40.3 Å². The maximum atomic E-state index is 11.5. The average Bonchev–Trinajstić information content (AvgIpc) is 2.79. The number of carboxylic acids is 1. The standard InChI is InChI=1S/C16H23ClN2O3/c1-15(2)9-11-13(22-15)10(14(20)21)8-12(17)16(11,18)19-6-4-3-5-7-19/h8,11H,3-7,9,18H2,1-2H3,(H,20,21). The number of hydrogen-bond acceptors (Lipinski definition) is 4. The number of likely N-dealkylation sites (tertiary alicyclic amines) is 1. The predicted molar refractivity (Wildman–Crippen MR) is 84.2 cm³/mol. The van der Waals surface area contributed by atoms with E-state index in [1.54, 1.807) is 0 Å². The van der Waals surface area contributed by atoms with Crippen molar-refractivity contribution in [1.82, 2.24) is 4.90 Å². The van der Waals surface area contributed by atoms with Crippen LogP contribution in [0.15, 0.2) is 22.4 Å². The van der Waals surface area contributed by atoms with Crippen molar-refractivity contribution in [3.05, 3.63) is 22.4 Å². The monoisotopic (exact) mass is 326 g/mol. The molecule has 2 atom stereocenters. The summed E-state index contributed by atoms with van der Waals surface area (Å²) in [4.78, 5) is 13.7. The van der Waals surface area contributed by atoms with E-state index in [2.05, 4.69) is 4.90 Å². The molecule has 0 aromatic heterocycles. The zero-order chi connectivity index (χ0) is 16.1. The molecular weight excluding hydrogens is 304 g/mol. The fraction of sp³-hybridized carbons (Fsp3) is 0.688. The van der Waals surface area contributed by atoms with Gasteiger partial charge in [0.25, 0.3) is 0 Å². The summed E-state index contributed by atoms with van der Waals surface area (Å²) in [5.41, 5.74) is 5.61. The Labute approximate surface area is 135 Å². The molecular formula is C16H23ClN2O3. The summed E-state index contributed by atoms with van der Waals surface area (Å²) in [5, 5.41) is 9.86. The van der Waals surface area contributed by atoms with Gasteiger partial charge >= 0.3 is 5.97 Å². The Kier molecular flexibility index (Phi) is 3.78. The Morgan fingerprint density at radius 3 is 2.64 bits per heavy atom. The molecule has 0 radical (unpaired) electrons. The molecule has 0 aromatic rings. The van der Waals surface area contributed by atoms with Gasteiger partial charge in [-0.05, 0) is 39.2 Å². The fourth-order valence-corrected chi connectivity index (χ4v) is 4.24. The SMILES string of the molecule is CC1(C)CC2C(=C(C(=O)O)C=C(Cl)C2(N)N2CCCCC2)O1. The van der Waals surface area contributed by atoms with Gasteiger partial charge < -0.3 is 15.6 Å². The third kappa shape index (κ3) is 2.36. The van der Waals surface area contributed by atoms with Crippen molar-refractivity contribution in [3.63, 3.8) is 0 Å². The second-order valence-corrected chi connectivity index (χ2v) is 7.47. The van der Waals surface area contributed by atoms with Crippen LogP contribution in [0.3, 0.4) is 0 Å². The largest absolute Gasteiger partial charge is 0.491 e. The first-order valence-corrected chi connectivity index (χ1v) is 8.21. The van der Waals surface area contributed by atoms with Crippen molar-refractivity contribution in [1.29, 1.82) is 0 Å². The third-order valence-corrected chi connectivity index (χ3v) is 5.37. The number of piperidine rings is 1. The number of nitrogens with two attached hydrogens (primary N) is 1. The van der Waals surface area contributed by atoms with Crippen LogP contribution in [0, 0.1) is 5.92 Å². The third-order valence-electron chi connectivity index (χ3n) is 4.96. The molecule has 5 nitrogen and oxygen atoms in total. The van der Waals surface area contributed by atoms with Gasteiger partial charge in [-0.25, -0.2) is 4.79 Å². The molecule has 0 saturated carbocycles. The number of hydrogen-bond donors (Lipinski definition) is 2. The first-order valence-electron chi connectivity index (χ1n) is 7.84. The molecule has 2 fully saturated rings. The van der Waals surface area contributed by atoms with E-state index >= 15 is 0 Å². The van der Waals surface area contributed by atoms with Gasteiger partial charge in [0.05, 0.1) is 16.5 Å². The van der Waals surface area contributed by atoms with Crippen LogP contribution in [0.25, 0.3) is 0 Å². The lowest BCUT2D eigenvalue weighted by molar-refractivity contribution is -0.132. The highest BCUT2D eigenvalue weighted by molar-refractivity contribution is 6.31. The van der Waals surface area contributed by atoms with Gasteiger partial charge in [-0.2, -0.15) is 0 Å². The van der Waals surface area contributed by atoms with Gasteiger partial charge in [0, 0.05) is 13.1 Å². The van der Waals surface area contributed by atoms with Gasteiger partial charge in [-0.15, -0.1) is 0 Å². The first-order chi connectivity index (χ1) is 10.3. The summed E-state index contributed by atoms with van der Waals surface area (Å²) in [6, 6.07) is 0. The Balaban J connectivity index is 2.06. The number of aliphatic carboxylic acids is 1. The topological polar surface area (TPSA) is 75.8 Å². The minimum absolute atomic E-state index is 0.138. The molecule has 2 aliphatic heterocycles. The van der Waals surface area contributed by atoms with Gasteiger partial charge in [0.1, 0.15) is 17.0 Å². The van der Waals surface area contributed by atoms with Crippen molar-refractivity contribution in [2.75, 3.05) is 13.1 Å². The molecule has 0 amide bonds. The van der Waals surface area contributed by atoms with Crippen molar-refractivity contribution in [3.8, 4) is 0 Å². The summed E-state index contributed by atoms with van der Waals surface area (Å²) in [5.74, 6) is -0.754. The summed E-state index contributed by atoms with van der Waals surface area (Å²) >= 11 is 6.50. The molecule has 22 heavy (non-hydrogen) atoms. The van der Waals surface area contributed by atoms with Crippen LogP contribution in [0.5, 0.6) is 0 Å². The lowest BCUT2D eigenvalue weighted by Gasteiger charge is -2.47. The zero-order valence-electron chi connectivity index (χ0n) is 13.1. The molecule has 0 bridgehead atoms. The highest BCUT2D eigenvalue weighted by Crippen LogP contribution is 2.51. The summed E-state index contributed by atoms with van der Waals surface area (Å²) < 4.78 is 5.95. The van der Waals surface area contributed by atoms with E-state index in [4.69, 9.17) is 22.1 Å². The van der Waals surface area contributed by atoms with E-state index in [9.17, 15) is 9.90 Å². The van der Waals surface area contributed by atoms with E-state index in [-0.39, 0.29) is 11.5 Å². The van der Waals surface area contributed by atoms with Gasteiger partial charge in [0.2, 0.25) is 0 Å². The predicted octanol–water partition coefficient (Wildman–Crippen LogP) is 2.42. The molecule has 122 valence electrons. The van der Waals surface area contributed by atoms with Crippen LogP contribution < -0.4 is 5.73 Å². The van der Waals surface area contributed by atoms with E-state index in [0.29, 0.717) is 17.2 Å². The van der Waals surface area contributed by atoms with Crippen LogP contribution in [0.2, 0.25) is 0 Å². The number of fused-ring (bicyclic) bond motifs is 1. The van der Waals surface area contributed by atoms with Crippen LogP contribution in [0.4, 0.5) is 0 Å². The molecule has 2 saturated heterocycles. The quantitative estimate of drug-likeness (QED) is 0.815. The Hall–Kier alpha value is -1.04. The molecule has 1 aliphatic carbocycles. The highest BCUT2D eigenvalue weighted by Gasteiger charge is 2.55. The summed E-state index contributed by atoms with van der Waals surface area (Å²) in [6.45, 7) is 5.69. The van der Waals surface area contributed by atoms with Gasteiger partial charge in [-0.1, -0.05) is 18.0 Å². The molecule has 2 unspecified atom stereocenters. The van der Waals surface area contributed by atoms with Gasteiger partial charge in [0.15, 0.2) is 0 Å². The summed E-state index contributed by atoms with van der Waals surface area (Å²) in [7, 11) is 0. The Morgan fingerprint density at radius 2 is 2.05 bits per heavy atom. The molecule has 0 aromatic carbocycles. The molecule has 3 rings (SSSR count). The zero-order valence-corrected chi connectivity index (χ0v) is 13.8. The maximum absolute atomic E-state index is 11.5. The second kappa shape index (κ2) is 5.25. The molecule has 2 heterocycles. The Bertz CT molecular complexity index is 564. The number of carbonyl (C=O) groups is 1. The first kappa shape index (κ1) is 15.8. The van der Waals surface area contributed by atoms with Crippen molar-refractivity contribution < 1.29 is 14.6 Å². The van der Waals surface area contributed by atoms with Crippen LogP contribution in [-0.2, 0) is 9.53 Å². The fourth-order valence-electron chi connectivity index (χ4n) is 3.88. The number of nitrogens with zero attached hydrogens (tertiary/aromatic N) is 1. The molecule has 0 spiro atoms. The molecule has 3 aliphatic rings. The van der Waals surface area contributed by atoms with E-state index in [1.165, 1.54) is 12.5 Å². The molecule has 6 heteroatoms. The maximum Gasteiger partial charge on any atom is 0.339 e. The van der Waals surface area contributed by atoms with Crippen molar-refractivity contribution in [2.24, 2.45) is 11.7 Å².